The molecule has 0 aliphatic carbocycles. The van der Waals surface area contributed by atoms with Gasteiger partial charge in [-0.1, -0.05) is 30.7 Å². The van der Waals surface area contributed by atoms with Gasteiger partial charge >= 0.3 is 0 Å². The Kier molecular flexibility index (Phi) is 4.53. The molecule has 0 saturated carbocycles. The first-order valence-electron chi connectivity index (χ1n) is 10.8. The van der Waals surface area contributed by atoms with Crippen molar-refractivity contribution in [2.45, 2.75) is 25.8 Å². The Morgan fingerprint density at radius 2 is 1.74 bits per heavy atom. The van der Waals surface area contributed by atoms with E-state index in [9.17, 15) is 0 Å². The van der Waals surface area contributed by atoms with E-state index in [0.29, 0.717) is 12.5 Å². The lowest BCUT2D eigenvalue weighted by atomic mass is 10.0. The van der Waals surface area contributed by atoms with Gasteiger partial charge in [-0.3, -0.25) is 9.88 Å². The van der Waals surface area contributed by atoms with Crippen LogP contribution in [-0.4, -0.2) is 45.4 Å². The maximum Gasteiger partial charge on any atom is 0.197 e. The van der Waals surface area contributed by atoms with Gasteiger partial charge in [0, 0.05) is 29.1 Å². The molecule has 4 aromatic rings. The number of azo groups is 1. The van der Waals surface area contributed by atoms with Gasteiger partial charge in [0.2, 0.25) is 0 Å². The Hall–Kier alpha value is -3.45. The summed E-state index contributed by atoms with van der Waals surface area (Å²) in [5.74, 6) is 0.588. The predicted octanol–water partition coefficient (Wildman–Crippen LogP) is 4.93. The molecular weight excluding hydrogens is 386 g/mol. The number of rotatable bonds is 4. The molecule has 0 spiro atoms. The summed E-state index contributed by atoms with van der Waals surface area (Å²) < 4.78 is 0. The molecule has 0 bridgehead atoms. The molecule has 2 aliphatic heterocycles. The first-order chi connectivity index (χ1) is 15.3. The second kappa shape index (κ2) is 7.67. The van der Waals surface area contributed by atoms with Crippen molar-refractivity contribution in [2.24, 2.45) is 15.2 Å². The zero-order valence-corrected chi connectivity index (χ0v) is 17.3. The third kappa shape index (κ3) is 3.51. The minimum absolute atomic E-state index is 0.377. The summed E-state index contributed by atoms with van der Waals surface area (Å²) in [4.78, 5) is 19.3. The molecule has 7 heteroatoms. The van der Waals surface area contributed by atoms with Gasteiger partial charge in [0.1, 0.15) is 11.3 Å². The van der Waals surface area contributed by atoms with Crippen LogP contribution in [0.15, 0.2) is 64.0 Å². The van der Waals surface area contributed by atoms with Gasteiger partial charge in [-0.25, -0.2) is 9.98 Å². The lowest BCUT2D eigenvalue weighted by Crippen LogP contribution is -2.28. The lowest BCUT2D eigenvalue weighted by Gasteiger charge is -2.26. The van der Waals surface area contributed by atoms with Crippen molar-refractivity contribution in [3.8, 4) is 11.1 Å². The zero-order valence-electron chi connectivity index (χ0n) is 17.3. The fourth-order valence-corrected chi connectivity index (χ4v) is 4.49. The molecule has 1 fully saturated rings. The molecule has 154 valence electrons. The fourth-order valence-electron chi connectivity index (χ4n) is 4.49. The Balaban J connectivity index is 1.33. The molecule has 0 radical (unpaired) electrons. The van der Waals surface area contributed by atoms with E-state index in [1.54, 1.807) is 0 Å². The number of aliphatic imine (C=N–C) groups is 1. The van der Waals surface area contributed by atoms with Crippen LogP contribution >= 0.6 is 0 Å². The van der Waals surface area contributed by atoms with Crippen LogP contribution in [0.3, 0.4) is 0 Å². The number of hydrogen-bond acceptors (Lipinski definition) is 6. The Morgan fingerprint density at radius 3 is 2.55 bits per heavy atom. The van der Waals surface area contributed by atoms with Crippen LogP contribution in [-0.2, 0) is 6.54 Å². The number of likely N-dealkylation sites (tertiary alicyclic amines) is 1. The van der Waals surface area contributed by atoms with Crippen molar-refractivity contribution in [1.82, 2.24) is 19.9 Å². The van der Waals surface area contributed by atoms with Crippen LogP contribution in [0.1, 0.15) is 30.5 Å². The monoisotopic (exact) mass is 409 g/mol. The van der Waals surface area contributed by atoms with E-state index in [1.165, 1.54) is 43.5 Å². The van der Waals surface area contributed by atoms with Gasteiger partial charge in [0.05, 0.1) is 11.7 Å². The van der Waals surface area contributed by atoms with E-state index < -0.39 is 0 Å². The van der Waals surface area contributed by atoms with Gasteiger partial charge in [0.15, 0.2) is 12.5 Å². The van der Waals surface area contributed by atoms with Crippen molar-refractivity contribution in [3.05, 3.63) is 60.0 Å². The summed E-state index contributed by atoms with van der Waals surface area (Å²) in [5, 5.41) is 10.1. The molecule has 0 amide bonds. The third-order valence-corrected chi connectivity index (χ3v) is 6.16. The summed E-state index contributed by atoms with van der Waals surface area (Å²) in [6.45, 7) is 3.85. The third-order valence-electron chi connectivity index (χ3n) is 6.16. The molecule has 1 saturated heterocycles. The highest BCUT2D eigenvalue weighted by atomic mass is 15.3. The van der Waals surface area contributed by atoms with Crippen molar-refractivity contribution >= 4 is 27.8 Å². The first kappa shape index (κ1) is 18.3. The molecule has 6 rings (SSSR count). The minimum Gasteiger partial charge on any atom is -0.338 e. The smallest absolute Gasteiger partial charge is 0.197 e. The maximum atomic E-state index is 4.67. The highest BCUT2D eigenvalue weighted by Gasteiger charge is 2.14. The molecule has 0 atom stereocenters. The van der Waals surface area contributed by atoms with Crippen LogP contribution in [0, 0.1) is 0 Å². The summed E-state index contributed by atoms with van der Waals surface area (Å²) >= 11 is 0. The van der Waals surface area contributed by atoms with Crippen LogP contribution in [0.4, 0.5) is 0 Å². The number of fused-ring (bicyclic) bond motifs is 3. The van der Waals surface area contributed by atoms with E-state index in [2.05, 4.69) is 65.4 Å². The number of amidine groups is 1. The molecule has 3 aromatic heterocycles. The van der Waals surface area contributed by atoms with Gasteiger partial charge < -0.3 is 4.98 Å². The number of nitrogens with one attached hydrogen (secondary N) is 1. The number of benzene rings is 1. The average molecular weight is 409 g/mol. The molecule has 1 N–H and O–H groups in total. The van der Waals surface area contributed by atoms with E-state index in [4.69, 9.17) is 0 Å². The van der Waals surface area contributed by atoms with Crippen LogP contribution in [0.2, 0.25) is 0 Å². The molecule has 0 unspecified atom stereocenters. The summed E-state index contributed by atoms with van der Waals surface area (Å²) in [6.07, 6.45) is 7.76. The maximum absolute atomic E-state index is 4.67. The van der Waals surface area contributed by atoms with Gasteiger partial charge in [-0.05, 0) is 49.2 Å². The van der Waals surface area contributed by atoms with Crippen molar-refractivity contribution < 1.29 is 0 Å². The van der Waals surface area contributed by atoms with Crippen LogP contribution in [0.5, 0.6) is 0 Å². The van der Waals surface area contributed by atoms with E-state index in [0.717, 1.165) is 39.7 Å². The van der Waals surface area contributed by atoms with Crippen molar-refractivity contribution in [2.75, 3.05) is 19.8 Å². The average Bonchev–Trinajstić information content (AvgIpc) is 3.48. The number of nitrogens with zero attached hydrogens (tertiary/aromatic N) is 6. The standard InChI is InChI=1S/C24H23N7/c1-2-8-31(9-3-1)14-16-4-6-17(7-5-16)18-10-20-19-11-21(24-27-15-28-30-24)25-13-22(19)29-23(20)26-12-18/h4-7,10-13H,1-3,8-9,14-15H2,(H,26,29). The highest BCUT2D eigenvalue weighted by Crippen LogP contribution is 2.29. The Bertz CT molecular complexity index is 1310. The summed E-state index contributed by atoms with van der Waals surface area (Å²) in [7, 11) is 0. The Labute approximate surface area is 180 Å². The second-order valence-electron chi connectivity index (χ2n) is 8.26. The van der Waals surface area contributed by atoms with E-state index in [1.807, 2.05) is 18.5 Å². The van der Waals surface area contributed by atoms with Gasteiger partial charge in [-0.15, -0.1) is 5.11 Å². The van der Waals surface area contributed by atoms with E-state index >= 15 is 0 Å². The predicted molar refractivity (Wildman–Crippen MR) is 122 cm³/mol. The molecule has 1 aromatic carbocycles. The minimum atomic E-state index is 0.377. The van der Waals surface area contributed by atoms with Gasteiger partial charge in [0.25, 0.3) is 0 Å². The zero-order chi connectivity index (χ0) is 20.6. The number of aromatic nitrogens is 3. The summed E-state index contributed by atoms with van der Waals surface area (Å²) in [6, 6.07) is 13.1. The van der Waals surface area contributed by atoms with Crippen molar-refractivity contribution in [3.63, 3.8) is 0 Å². The largest absolute Gasteiger partial charge is 0.338 e. The lowest BCUT2D eigenvalue weighted by molar-refractivity contribution is 0.221. The van der Waals surface area contributed by atoms with Crippen LogP contribution < -0.4 is 0 Å². The molecule has 31 heavy (non-hydrogen) atoms. The quantitative estimate of drug-likeness (QED) is 0.519. The molecule has 7 nitrogen and oxygen atoms in total. The fraction of sp³-hybridized carbons (Fsp3) is 0.292. The normalized spacial score (nSPS) is 17.0. The molecular formula is C24H23N7. The first-order valence-corrected chi connectivity index (χ1v) is 10.8. The van der Waals surface area contributed by atoms with Crippen molar-refractivity contribution in [1.29, 1.82) is 0 Å². The second-order valence-corrected chi connectivity index (χ2v) is 8.26. The highest BCUT2D eigenvalue weighted by molar-refractivity contribution is 6.09. The number of aromatic amines is 1. The molecule has 5 heterocycles. The number of hydrogen-bond donors (Lipinski definition) is 1. The van der Waals surface area contributed by atoms with Crippen LogP contribution in [0.25, 0.3) is 33.1 Å². The van der Waals surface area contributed by atoms with Gasteiger partial charge in [-0.2, -0.15) is 5.11 Å². The number of pyridine rings is 2. The topological polar surface area (TPSA) is 81.9 Å². The Morgan fingerprint density at radius 1 is 0.871 bits per heavy atom. The number of piperidine rings is 1. The SMILES string of the molecule is c1cc(-c2cnc3[nH]c4cnc(C5=NCN=N5)cc4c3c2)ccc1CN1CCCCC1. The number of H-pyrrole nitrogens is 1. The van der Waals surface area contributed by atoms with E-state index in [-0.39, 0.29) is 0 Å². The molecule has 2 aliphatic rings. The summed E-state index contributed by atoms with van der Waals surface area (Å²) in [5.41, 5.74) is 6.20.